The molecule has 8 nitrogen and oxygen atoms in total. The minimum Gasteiger partial charge on any atom is -0.301 e. The molecule has 0 spiro atoms. The topological polar surface area (TPSA) is 107 Å². The van der Waals surface area contributed by atoms with Crippen LogP contribution >= 0.6 is 23.1 Å². The lowest BCUT2D eigenvalue weighted by Crippen LogP contribution is -2.15. The molecule has 11 heteroatoms. The molecule has 0 unspecified atom stereocenters. The van der Waals surface area contributed by atoms with Crippen molar-refractivity contribution in [3.63, 3.8) is 0 Å². The Morgan fingerprint density at radius 3 is 2.63 bits per heavy atom. The van der Waals surface area contributed by atoms with Crippen molar-refractivity contribution in [2.45, 2.75) is 36.2 Å². The number of carbonyl (C=O) groups excluding carboxylic acids is 1. The first kappa shape index (κ1) is 22.2. The standard InChI is InChI=1S/C19H21N5O3S3/c1-4-9-24-16(12-30(26,27)15-7-5-13(2)6-8-15)22-23-19(24)29-11-17(25)21-18-20-14(3)10-28-18/h4-8,10H,1,9,11-12H2,2-3H3,(H,20,21,25). The zero-order valence-corrected chi connectivity index (χ0v) is 19.0. The first-order chi connectivity index (χ1) is 14.3. The minimum atomic E-state index is -3.58. The Labute approximate surface area is 183 Å². The van der Waals surface area contributed by atoms with Gasteiger partial charge in [-0.1, -0.05) is 35.5 Å². The molecule has 158 valence electrons. The zero-order chi connectivity index (χ0) is 21.7. The van der Waals surface area contributed by atoms with Gasteiger partial charge >= 0.3 is 0 Å². The van der Waals surface area contributed by atoms with Crippen LogP contribution in [0.4, 0.5) is 5.13 Å². The Hall–Kier alpha value is -2.50. The third-order valence-electron chi connectivity index (χ3n) is 4.00. The molecule has 3 aromatic rings. The Bertz CT molecular complexity index is 1150. The smallest absolute Gasteiger partial charge is 0.236 e. The Morgan fingerprint density at radius 1 is 1.27 bits per heavy atom. The van der Waals surface area contributed by atoms with Gasteiger partial charge in [0.15, 0.2) is 20.1 Å². The molecule has 0 aliphatic heterocycles. The maximum absolute atomic E-state index is 12.8. The van der Waals surface area contributed by atoms with Crippen LogP contribution in [0.1, 0.15) is 17.1 Å². The van der Waals surface area contributed by atoms with Crippen molar-refractivity contribution >= 4 is 44.0 Å². The number of hydrogen-bond acceptors (Lipinski definition) is 8. The van der Waals surface area contributed by atoms with Gasteiger partial charge in [-0.2, -0.15) is 0 Å². The van der Waals surface area contributed by atoms with E-state index in [0.29, 0.717) is 22.7 Å². The van der Waals surface area contributed by atoms with Crippen molar-refractivity contribution in [2.24, 2.45) is 0 Å². The molecule has 0 bridgehead atoms. The monoisotopic (exact) mass is 463 g/mol. The van der Waals surface area contributed by atoms with E-state index < -0.39 is 9.84 Å². The van der Waals surface area contributed by atoms with Crippen molar-refractivity contribution in [3.05, 3.63) is 59.4 Å². The third kappa shape index (κ3) is 5.55. The van der Waals surface area contributed by atoms with E-state index >= 15 is 0 Å². The molecule has 1 N–H and O–H groups in total. The quantitative estimate of drug-likeness (QED) is 0.383. The van der Waals surface area contributed by atoms with E-state index in [2.05, 4.69) is 27.1 Å². The number of nitrogens with one attached hydrogen (secondary N) is 1. The molecule has 30 heavy (non-hydrogen) atoms. The summed E-state index contributed by atoms with van der Waals surface area (Å²) in [5.74, 6) is -0.119. The number of aryl methyl sites for hydroxylation is 2. The lowest BCUT2D eigenvalue weighted by atomic mass is 10.2. The number of sulfone groups is 1. The van der Waals surface area contributed by atoms with Crippen molar-refractivity contribution < 1.29 is 13.2 Å². The van der Waals surface area contributed by atoms with Crippen molar-refractivity contribution in [2.75, 3.05) is 11.1 Å². The van der Waals surface area contributed by atoms with E-state index in [0.717, 1.165) is 11.3 Å². The fraction of sp³-hybridized carbons (Fsp3) is 0.263. The van der Waals surface area contributed by atoms with Crippen LogP contribution in [0.25, 0.3) is 0 Å². The van der Waals surface area contributed by atoms with E-state index in [-0.39, 0.29) is 22.3 Å². The molecule has 0 aliphatic rings. The number of hydrogen-bond donors (Lipinski definition) is 1. The number of aromatic nitrogens is 4. The summed E-state index contributed by atoms with van der Waals surface area (Å²) in [7, 11) is -3.58. The van der Waals surface area contributed by atoms with Crippen molar-refractivity contribution in [3.8, 4) is 0 Å². The van der Waals surface area contributed by atoms with Gasteiger partial charge in [0, 0.05) is 11.9 Å². The Kier molecular flexibility index (Phi) is 7.06. The van der Waals surface area contributed by atoms with E-state index in [9.17, 15) is 13.2 Å². The molecule has 1 amide bonds. The Morgan fingerprint density at radius 2 is 2.00 bits per heavy atom. The molecule has 0 radical (unpaired) electrons. The molecular formula is C19H21N5O3S3. The second-order valence-electron chi connectivity index (χ2n) is 6.50. The number of amides is 1. The molecule has 0 fully saturated rings. The molecule has 0 atom stereocenters. The van der Waals surface area contributed by atoms with Crippen LogP contribution < -0.4 is 5.32 Å². The van der Waals surface area contributed by atoms with Crippen LogP contribution in [0.15, 0.2) is 52.4 Å². The highest BCUT2D eigenvalue weighted by atomic mass is 32.2. The number of carbonyl (C=O) groups is 1. The van der Waals surface area contributed by atoms with Gasteiger partial charge in [0.05, 0.1) is 16.3 Å². The zero-order valence-electron chi connectivity index (χ0n) is 16.5. The average Bonchev–Trinajstić information content (AvgIpc) is 3.26. The number of anilines is 1. The summed E-state index contributed by atoms with van der Waals surface area (Å²) in [6.45, 7) is 7.80. The van der Waals surface area contributed by atoms with Gasteiger partial charge in [0.2, 0.25) is 5.91 Å². The number of rotatable bonds is 9. The average molecular weight is 464 g/mol. The molecule has 0 aliphatic carbocycles. The maximum Gasteiger partial charge on any atom is 0.236 e. The number of nitrogens with zero attached hydrogens (tertiary/aromatic N) is 4. The first-order valence-corrected chi connectivity index (χ1v) is 12.5. The third-order valence-corrected chi connectivity index (χ3v) is 7.47. The molecule has 2 heterocycles. The highest BCUT2D eigenvalue weighted by Gasteiger charge is 2.21. The van der Waals surface area contributed by atoms with E-state index in [1.165, 1.54) is 23.1 Å². The van der Waals surface area contributed by atoms with Crippen LogP contribution in [0, 0.1) is 13.8 Å². The van der Waals surface area contributed by atoms with Crippen molar-refractivity contribution in [1.82, 2.24) is 19.7 Å². The van der Waals surface area contributed by atoms with Gasteiger partial charge in [0.25, 0.3) is 0 Å². The highest BCUT2D eigenvalue weighted by Crippen LogP contribution is 2.22. The second kappa shape index (κ2) is 9.54. The number of allylic oxidation sites excluding steroid dienone is 1. The van der Waals surface area contributed by atoms with Gasteiger partial charge in [0.1, 0.15) is 11.6 Å². The first-order valence-electron chi connectivity index (χ1n) is 8.95. The molecule has 0 saturated carbocycles. The molecule has 2 aromatic heterocycles. The van der Waals surface area contributed by atoms with Crippen LogP contribution in [0.5, 0.6) is 0 Å². The molecular weight excluding hydrogens is 442 g/mol. The number of thioether (sulfide) groups is 1. The maximum atomic E-state index is 12.8. The number of benzene rings is 1. The largest absolute Gasteiger partial charge is 0.301 e. The van der Waals surface area contributed by atoms with Crippen molar-refractivity contribution in [1.29, 1.82) is 0 Å². The molecule has 0 saturated heterocycles. The van der Waals surface area contributed by atoms with Gasteiger partial charge in [-0.3, -0.25) is 4.79 Å². The van der Waals surface area contributed by atoms with E-state index in [4.69, 9.17) is 0 Å². The minimum absolute atomic E-state index is 0.0958. The van der Waals surface area contributed by atoms with Gasteiger partial charge in [-0.05, 0) is 26.0 Å². The number of thiazole rings is 1. The molecule has 3 rings (SSSR count). The summed E-state index contributed by atoms with van der Waals surface area (Å²) < 4.78 is 27.2. The highest BCUT2D eigenvalue weighted by molar-refractivity contribution is 7.99. The lowest BCUT2D eigenvalue weighted by molar-refractivity contribution is -0.113. The summed E-state index contributed by atoms with van der Waals surface area (Å²) in [5, 5.41) is 13.7. The van der Waals surface area contributed by atoms with Crippen LogP contribution in [-0.2, 0) is 26.9 Å². The normalized spacial score (nSPS) is 11.4. The van der Waals surface area contributed by atoms with Crippen LogP contribution in [0.2, 0.25) is 0 Å². The predicted octanol–water partition coefficient (Wildman–Crippen LogP) is 3.24. The summed E-state index contributed by atoms with van der Waals surface area (Å²) in [5.41, 5.74) is 1.82. The van der Waals surface area contributed by atoms with E-state index in [1.54, 1.807) is 34.9 Å². The summed E-state index contributed by atoms with van der Waals surface area (Å²) in [6, 6.07) is 6.68. The second-order valence-corrected chi connectivity index (χ2v) is 10.3. The SMILES string of the molecule is C=CCn1c(CS(=O)(=O)c2ccc(C)cc2)nnc1SCC(=O)Nc1nc(C)cs1. The summed E-state index contributed by atoms with van der Waals surface area (Å²) in [4.78, 5) is 16.6. The van der Waals surface area contributed by atoms with Gasteiger partial charge in [-0.15, -0.1) is 28.1 Å². The lowest BCUT2D eigenvalue weighted by Gasteiger charge is -2.08. The summed E-state index contributed by atoms with van der Waals surface area (Å²) in [6.07, 6.45) is 1.63. The predicted molar refractivity (Wildman–Crippen MR) is 118 cm³/mol. The fourth-order valence-corrected chi connectivity index (χ4v) is 5.28. The van der Waals surface area contributed by atoms with E-state index in [1.807, 2.05) is 19.2 Å². The van der Waals surface area contributed by atoms with Crippen LogP contribution in [-0.4, -0.2) is 39.8 Å². The Balaban J connectivity index is 1.72. The van der Waals surface area contributed by atoms with Gasteiger partial charge < -0.3 is 9.88 Å². The van der Waals surface area contributed by atoms with Gasteiger partial charge in [-0.25, -0.2) is 13.4 Å². The summed E-state index contributed by atoms with van der Waals surface area (Å²) >= 11 is 2.53. The molecule has 1 aromatic carbocycles. The van der Waals surface area contributed by atoms with Crippen LogP contribution in [0.3, 0.4) is 0 Å². The fourth-order valence-electron chi connectivity index (χ4n) is 2.54.